The van der Waals surface area contributed by atoms with Gasteiger partial charge in [-0.25, -0.2) is 0 Å². The molecule has 0 amide bonds. The predicted molar refractivity (Wildman–Crippen MR) is 80.3 cm³/mol. The molecule has 21 heavy (non-hydrogen) atoms. The number of rotatable bonds is 5. The number of benzene rings is 2. The van der Waals surface area contributed by atoms with Gasteiger partial charge in [0, 0.05) is 18.2 Å². The van der Waals surface area contributed by atoms with Gasteiger partial charge >= 0.3 is 0 Å². The lowest BCUT2D eigenvalue weighted by molar-refractivity contribution is -0.385. The van der Waals surface area contributed by atoms with Gasteiger partial charge in [0.15, 0.2) is 0 Å². The highest BCUT2D eigenvalue weighted by molar-refractivity contribution is 6.35. The van der Waals surface area contributed by atoms with Crippen LogP contribution in [0.15, 0.2) is 36.4 Å². The van der Waals surface area contributed by atoms with Gasteiger partial charge in [-0.1, -0.05) is 23.2 Å². The predicted octanol–water partition coefficient (Wildman–Crippen LogP) is 4.84. The fraction of sp³-hybridized carbons (Fsp3) is 0.143. The van der Waals surface area contributed by atoms with Gasteiger partial charge in [0.05, 0.1) is 22.1 Å². The number of nitro groups is 1. The van der Waals surface area contributed by atoms with Gasteiger partial charge in [0.25, 0.3) is 5.69 Å². The average molecular weight is 328 g/mol. The summed E-state index contributed by atoms with van der Waals surface area (Å²) in [6.45, 7) is 0.113. The number of nitro benzene ring substituents is 1. The number of nitrogens with zero attached hydrogens (tertiary/aromatic N) is 1. The van der Waals surface area contributed by atoms with Crippen LogP contribution in [-0.4, -0.2) is 12.0 Å². The molecule has 0 aliphatic carbocycles. The third-order valence-corrected chi connectivity index (χ3v) is 3.20. The van der Waals surface area contributed by atoms with Crippen molar-refractivity contribution in [2.24, 2.45) is 0 Å². The SMILES string of the molecule is COCc1cc(Oc2ccc(Cl)cc2Cl)ccc1[N+](=O)[O-]. The largest absolute Gasteiger partial charge is 0.456 e. The number of ether oxygens (including phenoxy) is 2. The second-order valence-electron chi connectivity index (χ2n) is 4.16. The van der Waals surface area contributed by atoms with E-state index in [9.17, 15) is 10.1 Å². The maximum atomic E-state index is 10.9. The van der Waals surface area contributed by atoms with Crippen molar-refractivity contribution in [3.8, 4) is 11.5 Å². The summed E-state index contributed by atoms with van der Waals surface area (Å²) in [5.41, 5.74) is 0.400. The normalized spacial score (nSPS) is 10.4. The Morgan fingerprint density at radius 1 is 1.19 bits per heavy atom. The summed E-state index contributed by atoms with van der Waals surface area (Å²) in [7, 11) is 1.47. The number of hydrogen-bond donors (Lipinski definition) is 0. The van der Waals surface area contributed by atoms with Crippen LogP contribution in [0.25, 0.3) is 0 Å². The third kappa shape index (κ3) is 3.85. The van der Waals surface area contributed by atoms with Gasteiger partial charge in [-0.3, -0.25) is 10.1 Å². The molecule has 0 aliphatic heterocycles. The second-order valence-corrected chi connectivity index (χ2v) is 5.00. The third-order valence-electron chi connectivity index (χ3n) is 2.67. The molecule has 0 spiro atoms. The molecule has 0 saturated heterocycles. The van der Waals surface area contributed by atoms with Crippen molar-refractivity contribution in [1.29, 1.82) is 0 Å². The maximum Gasteiger partial charge on any atom is 0.275 e. The summed E-state index contributed by atoms with van der Waals surface area (Å²) in [4.78, 5) is 10.5. The molecule has 0 fully saturated rings. The van der Waals surface area contributed by atoms with Gasteiger partial charge in [0.2, 0.25) is 0 Å². The van der Waals surface area contributed by atoms with Crippen molar-refractivity contribution < 1.29 is 14.4 Å². The second kappa shape index (κ2) is 6.76. The number of methoxy groups -OCH3 is 1. The molecule has 110 valence electrons. The van der Waals surface area contributed by atoms with Crippen LogP contribution < -0.4 is 4.74 Å². The Balaban J connectivity index is 2.32. The van der Waals surface area contributed by atoms with Crippen LogP contribution in [0.1, 0.15) is 5.56 Å². The zero-order chi connectivity index (χ0) is 15.4. The molecule has 2 aromatic rings. The zero-order valence-corrected chi connectivity index (χ0v) is 12.5. The van der Waals surface area contributed by atoms with Crippen LogP contribution in [0.3, 0.4) is 0 Å². The van der Waals surface area contributed by atoms with Gasteiger partial charge in [-0.15, -0.1) is 0 Å². The van der Waals surface area contributed by atoms with Crippen LogP contribution in [-0.2, 0) is 11.3 Å². The van der Waals surface area contributed by atoms with Gasteiger partial charge in [-0.05, 0) is 30.3 Å². The summed E-state index contributed by atoms with van der Waals surface area (Å²) in [6.07, 6.45) is 0. The number of hydrogen-bond acceptors (Lipinski definition) is 4. The Bertz CT molecular complexity index is 676. The van der Waals surface area contributed by atoms with Crippen LogP contribution in [0.2, 0.25) is 10.0 Å². The average Bonchev–Trinajstić information content (AvgIpc) is 2.42. The minimum absolute atomic E-state index is 0.0218. The molecule has 0 aromatic heterocycles. The molecule has 0 atom stereocenters. The summed E-state index contributed by atoms with van der Waals surface area (Å²) in [6, 6.07) is 9.24. The fourth-order valence-corrected chi connectivity index (χ4v) is 2.21. The van der Waals surface area contributed by atoms with Crippen molar-refractivity contribution in [2.75, 3.05) is 7.11 Å². The molecule has 2 rings (SSSR count). The molecule has 0 saturated carbocycles. The summed E-state index contributed by atoms with van der Waals surface area (Å²) in [5, 5.41) is 11.8. The monoisotopic (exact) mass is 327 g/mol. The molecule has 0 heterocycles. The minimum atomic E-state index is -0.465. The Morgan fingerprint density at radius 3 is 2.57 bits per heavy atom. The molecule has 0 N–H and O–H groups in total. The van der Waals surface area contributed by atoms with Crippen LogP contribution in [0.5, 0.6) is 11.5 Å². The molecular weight excluding hydrogens is 317 g/mol. The Hall–Kier alpha value is -1.82. The van der Waals surface area contributed by atoms with E-state index in [0.717, 1.165) is 0 Å². The molecule has 2 aromatic carbocycles. The van der Waals surface area contributed by atoms with Crippen molar-refractivity contribution in [3.05, 3.63) is 62.1 Å². The standard InChI is InChI=1S/C14H11Cl2NO4/c1-20-8-9-6-11(3-4-13(9)17(18)19)21-14-5-2-10(15)7-12(14)16/h2-7H,8H2,1H3. The minimum Gasteiger partial charge on any atom is -0.456 e. The van der Waals surface area contributed by atoms with Crippen LogP contribution in [0.4, 0.5) is 5.69 Å². The van der Waals surface area contributed by atoms with Gasteiger partial charge in [0.1, 0.15) is 11.5 Å². The molecule has 0 bridgehead atoms. The van der Waals surface area contributed by atoms with E-state index in [-0.39, 0.29) is 12.3 Å². The van der Waals surface area contributed by atoms with E-state index in [4.69, 9.17) is 32.7 Å². The first kappa shape index (κ1) is 15.6. The zero-order valence-electron chi connectivity index (χ0n) is 11.0. The van der Waals surface area contributed by atoms with E-state index in [2.05, 4.69) is 0 Å². The maximum absolute atomic E-state index is 10.9. The summed E-state index contributed by atoms with van der Waals surface area (Å²) >= 11 is 11.8. The highest BCUT2D eigenvalue weighted by atomic mass is 35.5. The van der Waals surface area contributed by atoms with Crippen molar-refractivity contribution in [2.45, 2.75) is 6.61 Å². The molecule has 0 radical (unpaired) electrons. The fourth-order valence-electron chi connectivity index (χ4n) is 1.76. The van der Waals surface area contributed by atoms with Crippen molar-refractivity contribution in [3.63, 3.8) is 0 Å². The van der Waals surface area contributed by atoms with E-state index in [1.54, 1.807) is 24.3 Å². The lowest BCUT2D eigenvalue weighted by atomic mass is 10.2. The van der Waals surface area contributed by atoms with Crippen molar-refractivity contribution in [1.82, 2.24) is 0 Å². The summed E-state index contributed by atoms with van der Waals surface area (Å²) in [5.74, 6) is 0.843. The highest BCUT2D eigenvalue weighted by Crippen LogP contribution is 2.33. The first-order valence-electron chi connectivity index (χ1n) is 5.90. The Labute approximate surface area is 131 Å². The molecule has 0 unspecified atom stereocenters. The molecule has 0 aliphatic rings. The van der Waals surface area contributed by atoms with Crippen LogP contribution in [0, 0.1) is 10.1 Å². The van der Waals surface area contributed by atoms with Gasteiger partial charge in [-0.2, -0.15) is 0 Å². The Morgan fingerprint density at radius 2 is 1.95 bits per heavy atom. The van der Waals surface area contributed by atoms with E-state index in [1.165, 1.54) is 19.2 Å². The molecule has 5 nitrogen and oxygen atoms in total. The topological polar surface area (TPSA) is 61.6 Å². The first-order valence-corrected chi connectivity index (χ1v) is 6.66. The lowest BCUT2D eigenvalue weighted by Gasteiger charge is -2.09. The van der Waals surface area contributed by atoms with Crippen molar-refractivity contribution >= 4 is 28.9 Å². The van der Waals surface area contributed by atoms with E-state index in [0.29, 0.717) is 27.1 Å². The molecular formula is C14H11Cl2NO4. The van der Waals surface area contributed by atoms with Crippen LogP contribution >= 0.6 is 23.2 Å². The number of halogens is 2. The lowest BCUT2D eigenvalue weighted by Crippen LogP contribution is -1.97. The van der Waals surface area contributed by atoms with Gasteiger partial charge < -0.3 is 9.47 Å². The first-order chi connectivity index (χ1) is 10.0. The smallest absolute Gasteiger partial charge is 0.275 e. The summed E-state index contributed by atoms with van der Waals surface area (Å²) < 4.78 is 10.6. The Kier molecular flexibility index (Phi) is 5.01. The quantitative estimate of drug-likeness (QED) is 0.582. The van der Waals surface area contributed by atoms with E-state index >= 15 is 0 Å². The van der Waals surface area contributed by atoms with E-state index in [1.807, 2.05) is 0 Å². The highest BCUT2D eigenvalue weighted by Gasteiger charge is 2.15. The van der Waals surface area contributed by atoms with E-state index < -0.39 is 4.92 Å². The molecule has 7 heteroatoms.